The van der Waals surface area contributed by atoms with Gasteiger partial charge in [0.25, 0.3) is 0 Å². The number of nitrogens with one attached hydrogen (secondary N) is 1. The molecule has 0 aliphatic rings. The highest BCUT2D eigenvalue weighted by Crippen LogP contribution is 2.41. The standard InChI is InChI=1S/C15H12ClFN6O/c1-22-12-8(5-9(24-2)10(16)11(12)17)13(23-4-3-18-7-23)14(22)15-19-6-20-21-15/h3-7H,1-2H3,(H,19,20,21). The summed E-state index contributed by atoms with van der Waals surface area (Å²) >= 11 is 6.09. The molecule has 122 valence electrons. The van der Waals surface area contributed by atoms with E-state index in [1.807, 2.05) is 0 Å². The van der Waals surface area contributed by atoms with Gasteiger partial charge in [-0.1, -0.05) is 11.6 Å². The number of ether oxygens (including phenoxy) is 1. The third-order valence-corrected chi connectivity index (χ3v) is 4.27. The summed E-state index contributed by atoms with van der Waals surface area (Å²) in [7, 11) is 3.19. The lowest BCUT2D eigenvalue weighted by atomic mass is 10.2. The number of aromatic nitrogens is 6. The van der Waals surface area contributed by atoms with Crippen LogP contribution in [0.4, 0.5) is 4.39 Å². The van der Waals surface area contributed by atoms with Crippen LogP contribution >= 0.6 is 11.6 Å². The van der Waals surface area contributed by atoms with E-state index in [2.05, 4.69) is 20.2 Å². The van der Waals surface area contributed by atoms with Crippen molar-refractivity contribution in [3.05, 3.63) is 42.0 Å². The first kappa shape index (κ1) is 14.7. The van der Waals surface area contributed by atoms with E-state index in [1.165, 1.54) is 13.4 Å². The highest BCUT2D eigenvalue weighted by Gasteiger charge is 2.25. The summed E-state index contributed by atoms with van der Waals surface area (Å²) in [6.07, 6.45) is 6.52. The molecule has 4 aromatic rings. The second-order valence-corrected chi connectivity index (χ2v) is 5.54. The Kier molecular flexibility index (Phi) is 3.27. The molecule has 1 aromatic carbocycles. The van der Waals surface area contributed by atoms with E-state index in [0.29, 0.717) is 28.1 Å². The Morgan fingerprint density at radius 1 is 1.38 bits per heavy atom. The van der Waals surface area contributed by atoms with Crippen molar-refractivity contribution >= 4 is 22.5 Å². The van der Waals surface area contributed by atoms with Gasteiger partial charge < -0.3 is 18.9 Å². The first-order chi connectivity index (χ1) is 11.6. The molecule has 0 aliphatic carbocycles. The van der Waals surface area contributed by atoms with E-state index in [9.17, 15) is 4.39 Å². The molecule has 0 atom stereocenters. The molecule has 0 saturated carbocycles. The van der Waals surface area contributed by atoms with Crippen LogP contribution in [0.15, 0.2) is 31.1 Å². The predicted octanol–water partition coefficient (Wildman–Crippen LogP) is 2.95. The molecule has 0 saturated heterocycles. The number of halogens is 2. The number of imidazole rings is 1. The van der Waals surface area contributed by atoms with Gasteiger partial charge in [0.2, 0.25) is 0 Å². The second kappa shape index (κ2) is 5.34. The van der Waals surface area contributed by atoms with E-state index >= 15 is 0 Å². The number of hydrogen-bond donors (Lipinski definition) is 1. The van der Waals surface area contributed by atoms with E-state index in [4.69, 9.17) is 16.3 Å². The number of nitrogens with zero attached hydrogens (tertiary/aromatic N) is 5. The largest absolute Gasteiger partial charge is 0.495 e. The SMILES string of the molecule is COc1cc2c(-n3ccnc3)c(-c3nnc[nH]3)n(C)c2c(F)c1Cl. The Hall–Kier alpha value is -2.87. The number of hydrogen-bond acceptors (Lipinski definition) is 4. The maximum atomic E-state index is 14.9. The van der Waals surface area contributed by atoms with Gasteiger partial charge in [0.1, 0.15) is 22.8 Å². The van der Waals surface area contributed by atoms with Gasteiger partial charge >= 0.3 is 0 Å². The molecule has 7 nitrogen and oxygen atoms in total. The summed E-state index contributed by atoms with van der Waals surface area (Å²) in [6.45, 7) is 0. The lowest BCUT2D eigenvalue weighted by molar-refractivity contribution is 0.412. The number of H-pyrrole nitrogens is 1. The summed E-state index contributed by atoms with van der Waals surface area (Å²) in [5, 5.41) is 8.44. The van der Waals surface area contributed by atoms with Crippen molar-refractivity contribution in [2.75, 3.05) is 7.11 Å². The normalized spacial score (nSPS) is 11.3. The van der Waals surface area contributed by atoms with E-state index in [-0.39, 0.29) is 10.8 Å². The van der Waals surface area contributed by atoms with E-state index < -0.39 is 5.82 Å². The summed E-state index contributed by atoms with van der Waals surface area (Å²) in [4.78, 5) is 7.03. The number of methoxy groups -OCH3 is 1. The molecule has 24 heavy (non-hydrogen) atoms. The molecule has 0 unspecified atom stereocenters. The molecule has 0 aliphatic heterocycles. The van der Waals surface area contributed by atoms with Gasteiger partial charge in [0, 0.05) is 24.8 Å². The average Bonchev–Trinajstić information content (AvgIpc) is 3.30. The maximum Gasteiger partial charge on any atom is 0.180 e. The minimum absolute atomic E-state index is 0.0631. The molecule has 3 aromatic heterocycles. The Morgan fingerprint density at radius 2 is 2.21 bits per heavy atom. The number of benzene rings is 1. The van der Waals surface area contributed by atoms with Crippen molar-refractivity contribution in [2.24, 2.45) is 7.05 Å². The number of aromatic amines is 1. The third-order valence-electron chi connectivity index (χ3n) is 3.92. The lowest BCUT2D eigenvalue weighted by Gasteiger charge is -2.07. The first-order valence-corrected chi connectivity index (χ1v) is 7.40. The predicted molar refractivity (Wildman–Crippen MR) is 86.9 cm³/mol. The first-order valence-electron chi connectivity index (χ1n) is 7.02. The Morgan fingerprint density at radius 3 is 2.83 bits per heavy atom. The molecular weight excluding hydrogens is 335 g/mol. The zero-order valence-electron chi connectivity index (χ0n) is 12.8. The molecular formula is C15H12ClFN6O. The molecule has 3 heterocycles. The quantitative estimate of drug-likeness (QED) is 0.619. The highest BCUT2D eigenvalue weighted by atomic mass is 35.5. The van der Waals surface area contributed by atoms with Crippen molar-refractivity contribution in [3.63, 3.8) is 0 Å². The minimum Gasteiger partial charge on any atom is -0.495 e. The van der Waals surface area contributed by atoms with Crippen LogP contribution < -0.4 is 4.74 Å². The minimum atomic E-state index is -0.555. The monoisotopic (exact) mass is 346 g/mol. The topological polar surface area (TPSA) is 73.6 Å². The van der Waals surface area contributed by atoms with Crippen LogP contribution in [-0.4, -0.2) is 36.4 Å². The number of rotatable bonds is 3. The van der Waals surface area contributed by atoms with Crippen molar-refractivity contribution in [1.29, 1.82) is 0 Å². The second-order valence-electron chi connectivity index (χ2n) is 5.17. The third kappa shape index (κ3) is 1.93. The van der Waals surface area contributed by atoms with Gasteiger partial charge in [-0.05, 0) is 6.07 Å². The molecule has 0 radical (unpaired) electrons. The van der Waals surface area contributed by atoms with Crippen LogP contribution in [0.2, 0.25) is 5.02 Å². The molecule has 1 N–H and O–H groups in total. The molecule has 0 fully saturated rings. The Labute approximate surface area is 140 Å². The lowest BCUT2D eigenvalue weighted by Crippen LogP contribution is -1.98. The zero-order chi connectivity index (χ0) is 16.8. The van der Waals surface area contributed by atoms with Crippen molar-refractivity contribution < 1.29 is 9.13 Å². The van der Waals surface area contributed by atoms with Crippen molar-refractivity contribution in [2.45, 2.75) is 0 Å². The fourth-order valence-corrected chi connectivity index (χ4v) is 3.11. The van der Waals surface area contributed by atoms with Crippen molar-refractivity contribution in [3.8, 4) is 23.0 Å². The van der Waals surface area contributed by atoms with Gasteiger partial charge in [0.05, 0.1) is 24.6 Å². The van der Waals surface area contributed by atoms with Gasteiger partial charge in [-0.15, -0.1) is 10.2 Å². The number of fused-ring (bicyclic) bond motifs is 1. The summed E-state index contributed by atoms with van der Waals surface area (Å²) in [5.41, 5.74) is 1.70. The maximum absolute atomic E-state index is 14.9. The van der Waals surface area contributed by atoms with Crippen LogP contribution in [0.3, 0.4) is 0 Å². The Bertz CT molecular complexity index is 1020. The van der Waals surface area contributed by atoms with Gasteiger partial charge in [0.15, 0.2) is 11.6 Å². The summed E-state index contributed by atoms with van der Waals surface area (Å²) in [5.74, 6) is 0.213. The van der Waals surface area contributed by atoms with Crippen LogP contribution in [-0.2, 0) is 7.05 Å². The number of aryl methyl sites for hydroxylation is 1. The summed E-state index contributed by atoms with van der Waals surface area (Å²) < 4.78 is 23.6. The van der Waals surface area contributed by atoms with Crippen molar-refractivity contribution in [1.82, 2.24) is 29.3 Å². The molecule has 0 spiro atoms. The van der Waals surface area contributed by atoms with Gasteiger partial charge in [-0.2, -0.15) is 0 Å². The molecule has 0 bridgehead atoms. The van der Waals surface area contributed by atoms with Gasteiger partial charge in [-0.25, -0.2) is 9.37 Å². The van der Waals surface area contributed by atoms with Crippen LogP contribution in [0.25, 0.3) is 28.1 Å². The zero-order valence-corrected chi connectivity index (χ0v) is 13.5. The highest BCUT2D eigenvalue weighted by molar-refractivity contribution is 6.33. The average molecular weight is 347 g/mol. The fourth-order valence-electron chi connectivity index (χ4n) is 2.89. The van der Waals surface area contributed by atoms with E-state index in [0.717, 1.165) is 0 Å². The van der Waals surface area contributed by atoms with E-state index in [1.54, 1.807) is 41.0 Å². The summed E-state index contributed by atoms with van der Waals surface area (Å²) in [6, 6.07) is 1.70. The Balaban J connectivity index is 2.20. The molecule has 9 heteroatoms. The molecule has 0 amide bonds. The fraction of sp³-hybridized carbons (Fsp3) is 0.133. The van der Waals surface area contributed by atoms with Crippen LogP contribution in [0.1, 0.15) is 0 Å². The van der Waals surface area contributed by atoms with Crippen LogP contribution in [0, 0.1) is 5.82 Å². The smallest absolute Gasteiger partial charge is 0.180 e. The van der Waals surface area contributed by atoms with Crippen LogP contribution in [0.5, 0.6) is 5.75 Å². The molecule has 4 rings (SSSR count). The van der Waals surface area contributed by atoms with Gasteiger partial charge in [-0.3, -0.25) is 0 Å².